The van der Waals surface area contributed by atoms with Gasteiger partial charge in [-0.2, -0.15) is 0 Å². The molecular weight excluding hydrogens is 370 g/mol. The van der Waals surface area contributed by atoms with Crippen LogP contribution in [0, 0.1) is 6.92 Å². The number of carboxylic acids is 1. The highest BCUT2D eigenvalue weighted by molar-refractivity contribution is 7.84. The largest absolute Gasteiger partial charge is 0.507 e. The van der Waals surface area contributed by atoms with Crippen LogP contribution in [0.2, 0.25) is 0 Å². The molecule has 1 aromatic heterocycles. The Morgan fingerprint density at radius 1 is 1.26 bits per heavy atom. The molecule has 0 aliphatic heterocycles. The Kier molecular flexibility index (Phi) is 6.46. The molecule has 0 saturated heterocycles. The normalized spacial score (nSPS) is 12.2. The Bertz CT molecular complexity index is 1010. The van der Waals surface area contributed by atoms with Gasteiger partial charge >= 0.3 is 5.97 Å². The van der Waals surface area contributed by atoms with E-state index in [0.717, 1.165) is 0 Å². The number of aromatic nitrogens is 1. The number of pyridine rings is 1. The fraction of sp³-hybridized carbons (Fsp3) is 0.211. The molecule has 0 fully saturated rings. The minimum atomic E-state index is -1.53. The Morgan fingerprint density at radius 2 is 1.96 bits per heavy atom. The van der Waals surface area contributed by atoms with Gasteiger partial charge in [-0.1, -0.05) is 30.3 Å². The lowest BCUT2D eigenvalue weighted by atomic mass is 10.1. The Labute approximate surface area is 158 Å². The Balaban J connectivity index is 2.22. The van der Waals surface area contributed by atoms with Gasteiger partial charge in [0, 0.05) is 35.4 Å². The number of aryl methyl sites for hydroxylation is 1. The number of carbonyl (C=O) groups is 2. The summed E-state index contributed by atoms with van der Waals surface area (Å²) in [6, 6.07) is 8.14. The van der Waals surface area contributed by atoms with Gasteiger partial charge in [0.15, 0.2) is 5.78 Å². The zero-order chi connectivity index (χ0) is 20.1. The summed E-state index contributed by atoms with van der Waals surface area (Å²) in [5.74, 6) is -2.49. The molecule has 8 heteroatoms. The average molecular weight is 389 g/mol. The second-order valence-electron chi connectivity index (χ2n) is 5.97. The number of rotatable bonds is 7. The molecule has 2 aromatic rings. The molecule has 0 bridgehead atoms. The zero-order valence-electron chi connectivity index (χ0n) is 14.8. The van der Waals surface area contributed by atoms with Gasteiger partial charge in [0.2, 0.25) is 0 Å². The van der Waals surface area contributed by atoms with Crippen molar-refractivity contribution in [1.29, 1.82) is 0 Å². The number of carbonyl (C=O) groups excluding carboxylic acids is 1. The number of benzene rings is 1. The van der Waals surface area contributed by atoms with Crippen LogP contribution in [0.4, 0.5) is 0 Å². The van der Waals surface area contributed by atoms with E-state index in [1.165, 1.54) is 29.8 Å². The van der Waals surface area contributed by atoms with E-state index in [4.69, 9.17) is 5.11 Å². The number of aliphatic carboxylic acids is 1. The van der Waals surface area contributed by atoms with Crippen LogP contribution in [0.15, 0.2) is 41.2 Å². The van der Waals surface area contributed by atoms with Crippen molar-refractivity contribution in [3.63, 3.8) is 0 Å². The summed E-state index contributed by atoms with van der Waals surface area (Å²) < 4.78 is 13.0. The van der Waals surface area contributed by atoms with Gasteiger partial charge in [-0.3, -0.25) is 18.6 Å². The molecule has 1 unspecified atom stereocenters. The molecule has 1 atom stereocenters. The van der Waals surface area contributed by atoms with Crippen molar-refractivity contribution >= 4 is 28.6 Å². The number of hydrogen-bond donors (Lipinski definition) is 2. The maximum absolute atomic E-state index is 12.3. The second kappa shape index (κ2) is 8.59. The fourth-order valence-corrected chi connectivity index (χ4v) is 3.38. The van der Waals surface area contributed by atoms with Crippen molar-refractivity contribution < 1.29 is 24.0 Å². The highest BCUT2D eigenvalue weighted by Crippen LogP contribution is 2.16. The van der Waals surface area contributed by atoms with E-state index in [9.17, 15) is 23.7 Å². The van der Waals surface area contributed by atoms with E-state index in [-0.39, 0.29) is 17.1 Å². The lowest BCUT2D eigenvalue weighted by molar-refractivity contribution is -0.133. The predicted molar refractivity (Wildman–Crippen MR) is 102 cm³/mol. The van der Waals surface area contributed by atoms with Gasteiger partial charge in [0.05, 0.1) is 0 Å². The molecule has 0 radical (unpaired) electrons. The molecule has 142 valence electrons. The molecular formula is C19H19NO6S. The Hall–Kier alpha value is -3.00. The van der Waals surface area contributed by atoms with Crippen molar-refractivity contribution in [2.24, 2.45) is 7.05 Å². The van der Waals surface area contributed by atoms with Crippen LogP contribution in [0.1, 0.15) is 27.2 Å². The maximum atomic E-state index is 12.3. The van der Waals surface area contributed by atoms with Gasteiger partial charge in [-0.25, -0.2) is 0 Å². The predicted octanol–water partition coefficient (Wildman–Crippen LogP) is 1.63. The van der Waals surface area contributed by atoms with E-state index in [1.807, 2.05) is 0 Å². The molecule has 0 spiro atoms. The number of carboxylic acid groups (broad SMARTS) is 1. The number of nitrogens with zero attached hydrogens (tertiary/aromatic N) is 1. The van der Waals surface area contributed by atoms with Crippen LogP contribution < -0.4 is 5.56 Å². The topological polar surface area (TPSA) is 114 Å². The number of hydrogen-bond acceptors (Lipinski definition) is 5. The summed E-state index contributed by atoms with van der Waals surface area (Å²) in [7, 11) is -0.0184. The summed E-state index contributed by atoms with van der Waals surface area (Å²) in [5.41, 5.74) is 0.924. The van der Waals surface area contributed by atoms with E-state index < -0.39 is 33.9 Å². The highest BCUT2D eigenvalue weighted by Gasteiger charge is 2.16. The molecule has 0 amide bonds. The van der Waals surface area contributed by atoms with Crippen molar-refractivity contribution in [3.8, 4) is 5.75 Å². The fourth-order valence-electron chi connectivity index (χ4n) is 2.45. The number of aromatic hydroxyl groups is 1. The van der Waals surface area contributed by atoms with Crippen LogP contribution in [-0.2, 0) is 28.4 Å². The van der Waals surface area contributed by atoms with Crippen molar-refractivity contribution in [1.82, 2.24) is 4.57 Å². The molecule has 1 heterocycles. The molecule has 27 heavy (non-hydrogen) atoms. The third kappa shape index (κ3) is 5.24. The van der Waals surface area contributed by atoms with Crippen LogP contribution in [0.25, 0.3) is 6.08 Å². The van der Waals surface area contributed by atoms with Gasteiger partial charge in [-0.05, 0) is 24.1 Å². The lowest BCUT2D eigenvalue weighted by Crippen LogP contribution is -2.25. The first-order valence-corrected chi connectivity index (χ1v) is 9.45. The minimum Gasteiger partial charge on any atom is -0.507 e. The first kappa shape index (κ1) is 20.3. The van der Waals surface area contributed by atoms with E-state index in [2.05, 4.69) is 0 Å². The summed E-state index contributed by atoms with van der Waals surface area (Å²) in [6.07, 6.45) is 2.66. The molecule has 0 aliphatic carbocycles. The summed E-state index contributed by atoms with van der Waals surface area (Å²) in [5, 5.41) is 18.6. The SMILES string of the molecule is Cc1cc(O)c(C(=O)C=Cc2cccc(CS(=O)CC(=O)O)c2)c(=O)n1C. The number of allylic oxidation sites excluding steroid dienone is 1. The standard InChI is InChI=1S/C19H19NO6S/c1-12-8-16(22)18(19(25)20(12)2)15(21)7-6-13-4-3-5-14(9-13)10-27(26)11-17(23)24/h3-9,22H,10-11H2,1-2H3,(H,23,24). The van der Waals surface area contributed by atoms with Gasteiger partial charge < -0.3 is 14.8 Å². The summed E-state index contributed by atoms with van der Waals surface area (Å²) >= 11 is 0. The van der Waals surface area contributed by atoms with Gasteiger partial charge in [0.25, 0.3) is 5.56 Å². The first-order chi connectivity index (χ1) is 12.7. The van der Waals surface area contributed by atoms with E-state index in [1.54, 1.807) is 31.2 Å². The van der Waals surface area contributed by atoms with Gasteiger partial charge in [0.1, 0.15) is 17.1 Å². The quantitative estimate of drug-likeness (QED) is 0.550. The molecule has 2 rings (SSSR count). The maximum Gasteiger partial charge on any atom is 0.316 e. The smallest absolute Gasteiger partial charge is 0.316 e. The van der Waals surface area contributed by atoms with Crippen LogP contribution in [0.5, 0.6) is 5.75 Å². The van der Waals surface area contributed by atoms with Crippen molar-refractivity contribution in [2.45, 2.75) is 12.7 Å². The van der Waals surface area contributed by atoms with Crippen LogP contribution in [-0.4, -0.2) is 36.5 Å². The third-order valence-electron chi connectivity index (χ3n) is 3.89. The summed E-state index contributed by atoms with van der Waals surface area (Å²) in [6.45, 7) is 1.64. The highest BCUT2D eigenvalue weighted by atomic mass is 32.2. The third-order valence-corrected chi connectivity index (χ3v) is 5.11. The second-order valence-corrected chi connectivity index (χ2v) is 7.43. The number of ketones is 1. The molecule has 7 nitrogen and oxygen atoms in total. The first-order valence-electron chi connectivity index (χ1n) is 7.96. The van der Waals surface area contributed by atoms with Crippen LogP contribution >= 0.6 is 0 Å². The van der Waals surface area contributed by atoms with E-state index >= 15 is 0 Å². The molecule has 0 saturated carbocycles. The lowest BCUT2D eigenvalue weighted by Gasteiger charge is -2.07. The summed E-state index contributed by atoms with van der Waals surface area (Å²) in [4.78, 5) is 35.1. The van der Waals surface area contributed by atoms with Gasteiger partial charge in [-0.15, -0.1) is 0 Å². The Morgan fingerprint density at radius 3 is 2.63 bits per heavy atom. The van der Waals surface area contributed by atoms with Crippen molar-refractivity contribution in [2.75, 3.05) is 5.75 Å². The zero-order valence-corrected chi connectivity index (χ0v) is 15.7. The average Bonchev–Trinajstić information content (AvgIpc) is 2.57. The molecule has 0 aliphatic rings. The molecule has 2 N–H and O–H groups in total. The minimum absolute atomic E-state index is 0.0845. The monoisotopic (exact) mass is 389 g/mol. The van der Waals surface area contributed by atoms with E-state index in [0.29, 0.717) is 16.8 Å². The van der Waals surface area contributed by atoms with Crippen molar-refractivity contribution in [3.05, 3.63) is 69.1 Å². The molecule has 1 aromatic carbocycles. The van der Waals surface area contributed by atoms with Crippen LogP contribution in [0.3, 0.4) is 0 Å².